The summed E-state index contributed by atoms with van der Waals surface area (Å²) >= 11 is 3.29. The van der Waals surface area contributed by atoms with Crippen LogP contribution in [0, 0.1) is 12.7 Å². The molecule has 0 bridgehead atoms. The summed E-state index contributed by atoms with van der Waals surface area (Å²) in [5, 5.41) is 2.60. The third-order valence-electron chi connectivity index (χ3n) is 4.26. The molecule has 0 fully saturated rings. The molecule has 0 heterocycles. The zero-order chi connectivity index (χ0) is 21.9. The molecule has 9 heteroatoms. The lowest BCUT2D eigenvalue weighted by molar-refractivity contribution is 0.102. The summed E-state index contributed by atoms with van der Waals surface area (Å²) in [6.07, 6.45) is 0. The highest BCUT2D eigenvalue weighted by molar-refractivity contribution is 9.10. The van der Waals surface area contributed by atoms with Crippen molar-refractivity contribution in [3.63, 3.8) is 0 Å². The summed E-state index contributed by atoms with van der Waals surface area (Å²) in [5.41, 5.74) is 1.40. The molecule has 0 unspecified atom stereocenters. The molecule has 0 atom stereocenters. The SMILES string of the molecule is COc1ccc(C(=O)Nc2cc(F)ccc2C)cc1S(=O)(=O)Nc1ccc(Br)cc1. The van der Waals surface area contributed by atoms with Crippen LogP contribution in [0.15, 0.2) is 70.0 Å². The Balaban J connectivity index is 1.93. The molecule has 1 amide bonds. The Hall–Kier alpha value is -2.91. The fourth-order valence-corrected chi connectivity index (χ4v) is 4.20. The number of halogens is 2. The lowest BCUT2D eigenvalue weighted by Gasteiger charge is -2.14. The van der Waals surface area contributed by atoms with Gasteiger partial charge in [-0.25, -0.2) is 12.8 Å². The zero-order valence-corrected chi connectivity index (χ0v) is 18.5. The number of ether oxygens (including phenoxy) is 1. The van der Waals surface area contributed by atoms with Crippen molar-refractivity contribution < 1.29 is 22.3 Å². The molecule has 3 rings (SSSR count). The number of carbonyl (C=O) groups is 1. The average molecular weight is 493 g/mol. The zero-order valence-electron chi connectivity index (χ0n) is 16.1. The predicted octanol–water partition coefficient (Wildman–Crippen LogP) is 4.96. The van der Waals surface area contributed by atoms with Crippen LogP contribution in [0.5, 0.6) is 5.75 Å². The van der Waals surface area contributed by atoms with Gasteiger partial charge < -0.3 is 10.1 Å². The number of hydrogen-bond acceptors (Lipinski definition) is 4. The van der Waals surface area contributed by atoms with Gasteiger partial charge in [0.2, 0.25) is 0 Å². The Morgan fingerprint density at radius 1 is 1.03 bits per heavy atom. The second-order valence-electron chi connectivity index (χ2n) is 6.39. The summed E-state index contributed by atoms with van der Waals surface area (Å²) < 4.78 is 47.7. The molecule has 6 nitrogen and oxygen atoms in total. The van der Waals surface area contributed by atoms with Gasteiger partial charge in [0.15, 0.2) is 0 Å². The van der Waals surface area contributed by atoms with Gasteiger partial charge in [-0.2, -0.15) is 0 Å². The minimum absolute atomic E-state index is 0.0793. The number of amides is 1. The monoisotopic (exact) mass is 492 g/mol. The summed E-state index contributed by atoms with van der Waals surface area (Å²) in [5.74, 6) is -0.989. The first-order chi connectivity index (χ1) is 14.2. The van der Waals surface area contributed by atoms with Gasteiger partial charge in [-0.15, -0.1) is 0 Å². The fraction of sp³-hybridized carbons (Fsp3) is 0.0952. The van der Waals surface area contributed by atoms with E-state index in [0.29, 0.717) is 16.9 Å². The van der Waals surface area contributed by atoms with Crippen LogP contribution in [0.2, 0.25) is 0 Å². The van der Waals surface area contributed by atoms with Crippen LogP contribution in [0.25, 0.3) is 0 Å². The number of carbonyl (C=O) groups excluding carboxylic acids is 1. The molecule has 0 aliphatic rings. The lowest BCUT2D eigenvalue weighted by atomic mass is 10.1. The van der Waals surface area contributed by atoms with E-state index in [-0.39, 0.29) is 16.2 Å². The van der Waals surface area contributed by atoms with E-state index in [0.717, 1.165) is 4.47 Å². The minimum atomic E-state index is -4.04. The normalized spacial score (nSPS) is 11.1. The van der Waals surface area contributed by atoms with E-state index < -0.39 is 21.7 Å². The Morgan fingerprint density at radius 3 is 2.40 bits per heavy atom. The number of methoxy groups -OCH3 is 1. The van der Waals surface area contributed by atoms with E-state index in [1.807, 2.05) is 0 Å². The van der Waals surface area contributed by atoms with Crippen molar-refractivity contribution in [1.29, 1.82) is 0 Å². The van der Waals surface area contributed by atoms with E-state index in [4.69, 9.17) is 4.74 Å². The van der Waals surface area contributed by atoms with Gasteiger partial charge >= 0.3 is 0 Å². The van der Waals surface area contributed by atoms with Crippen molar-refractivity contribution in [1.82, 2.24) is 0 Å². The number of hydrogen-bond donors (Lipinski definition) is 2. The van der Waals surface area contributed by atoms with Crippen LogP contribution in [0.3, 0.4) is 0 Å². The topological polar surface area (TPSA) is 84.5 Å². The fourth-order valence-electron chi connectivity index (χ4n) is 2.68. The molecule has 3 aromatic carbocycles. The predicted molar refractivity (Wildman–Crippen MR) is 117 cm³/mol. The van der Waals surface area contributed by atoms with Gasteiger partial charge in [0.05, 0.1) is 7.11 Å². The molecular weight excluding hydrogens is 475 g/mol. The van der Waals surface area contributed by atoms with E-state index in [9.17, 15) is 17.6 Å². The molecule has 0 saturated carbocycles. The number of nitrogens with one attached hydrogen (secondary N) is 2. The van der Waals surface area contributed by atoms with Crippen molar-refractivity contribution in [3.8, 4) is 5.75 Å². The molecule has 0 aromatic heterocycles. The molecule has 0 radical (unpaired) electrons. The van der Waals surface area contributed by atoms with Crippen LogP contribution in [-0.2, 0) is 10.0 Å². The Morgan fingerprint density at radius 2 is 1.73 bits per heavy atom. The highest BCUT2D eigenvalue weighted by Crippen LogP contribution is 2.28. The van der Waals surface area contributed by atoms with Crippen molar-refractivity contribution in [3.05, 3.63) is 82.1 Å². The van der Waals surface area contributed by atoms with Crippen LogP contribution in [0.1, 0.15) is 15.9 Å². The largest absolute Gasteiger partial charge is 0.495 e. The van der Waals surface area contributed by atoms with Crippen LogP contribution in [-0.4, -0.2) is 21.4 Å². The molecular formula is C21H18BrFN2O4S. The van der Waals surface area contributed by atoms with Gasteiger partial charge in [0, 0.05) is 21.4 Å². The second-order valence-corrected chi connectivity index (χ2v) is 8.96. The van der Waals surface area contributed by atoms with Crippen LogP contribution < -0.4 is 14.8 Å². The highest BCUT2D eigenvalue weighted by atomic mass is 79.9. The van der Waals surface area contributed by atoms with E-state index in [1.165, 1.54) is 43.5 Å². The van der Waals surface area contributed by atoms with Crippen molar-refractivity contribution >= 4 is 43.2 Å². The summed E-state index contributed by atoms with van der Waals surface area (Å²) in [6, 6.07) is 14.6. The first kappa shape index (κ1) is 21.8. The molecule has 0 aliphatic carbocycles. The van der Waals surface area contributed by atoms with Gasteiger partial charge in [0.25, 0.3) is 15.9 Å². The first-order valence-corrected chi connectivity index (χ1v) is 11.0. The number of rotatable bonds is 6. The summed E-state index contributed by atoms with van der Waals surface area (Å²) in [7, 11) is -2.71. The number of sulfonamides is 1. The van der Waals surface area contributed by atoms with Gasteiger partial charge in [0.1, 0.15) is 16.5 Å². The summed E-state index contributed by atoms with van der Waals surface area (Å²) in [4.78, 5) is 12.5. The van der Waals surface area contributed by atoms with Crippen molar-refractivity contribution in [2.75, 3.05) is 17.1 Å². The van der Waals surface area contributed by atoms with Crippen LogP contribution in [0.4, 0.5) is 15.8 Å². The van der Waals surface area contributed by atoms with Gasteiger partial charge in [-0.05, 0) is 67.1 Å². The molecule has 0 spiro atoms. The Bertz CT molecular complexity index is 1200. The minimum Gasteiger partial charge on any atom is -0.495 e. The van der Waals surface area contributed by atoms with Crippen molar-refractivity contribution in [2.24, 2.45) is 0 Å². The molecule has 30 heavy (non-hydrogen) atoms. The molecule has 2 N–H and O–H groups in total. The molecule has 0 saturated heterocycles. The average Bonchev–Trinajstić information content (AvgIpc) is 2.71. The molecule has 156 valence electrons. The summed E-state index contributed by atoms with van der Waals surface area (Å²) in [6.45, 7) is 1.72. The molecule has 3 aromatic rings. The van der Waals surface area contributed by atoms with Gasteiger partial charge in [-0.1, -0.05) is 22.0 Å². The Labute approximate surface area is 182 Å². The highest BCUT2D eigenvalue weighted by Gasteiger charge is 2.22. The van der Waals surface area contributed by atoms with Gasteiger partial charge in [-0.3, -0.25) is 9.52 Å². The van der Waals surface area contributed by atoms with Crippen LogP contribution >= 0.6 is 15.9 Å². The maximum absolute atomic E-state index is 13.5. The van der Waals surface area contributed by atoms with E-state index in [1.54, 1.807) is 31.2 Å². The maximum Gasteiger partial charge on any atom is 0.265 e. The standard InChI is InChI=1S/C21H18BrFN2O4S/c1-13-3-7-16(23)12-18(13)24-21(26)14-4-10-19(29-2)20(11-14)30(27,28)25-17-8-5-15(22)6-9-17/h3-12,25H,1-2H3,(H,24,26). The Kier molecular flexibility index (Phi) is 6.42. The van der Waals surface area contributed by atoms with E-state index >= 15 is 0 Å². The third kappa shape index (κ3) is 4.98. The number of benzene rings is 3. The van der Waals surface area contributed by atoms with Crippen molar-refractivity contribution in [2.45, 2.75) is 11.8 Å². The lowest BCUT2D eigenvalue weighted by Crippen LogP contribution is -2.17. The second kappa shape index (κ2) is 8.85. The first-order valence-electron chi connectivity index (χ1n) is 8.73. The number of anilines is 2. The molecule has 0 aliphatic heterocycles. The third-order valence-corrected chi connectivity index (χ3v) is 6.19. The smallest absolute Gasteiger partial charge is 0.265 e. The van der Waals surface area contributed by atoms with E-state index in [2.05, 4.69) is 26.0 Å². The maximum atomic E-state index is 13.5. The quantitative estimate of drug-likeness (QED) is 0.509. The number of aryl methyl sites for hydroxylation is 1.